The zero-order valence-corrected chi connectivity index (χ0v) is 10.9. The van der Waals surface area contributed by atoms with Crippen LogP contribution in [-0.4, -0.2) is 62.1 Å². The van der Waals surface area contributed by atoms with Crippen molar-refractivity contribution in [1.29, 1.82) is 0 Å². The molecule has 92 valence electrons. The van der Waals surface area contributed by atoms with E-state index in [4.69, 9.17) is 0 Å². The van der Waals surface area contributed by atoms with Crippen LogP contribution in [0.1, 0.15) is 5.69 Å². The Morgan fingerprint density at radius 3 is 2.38 bits per heavy atom. The normalized spacial score (nSPS) is 12.6. The van der Waals surface area contributed by atoms with Gasteiger partial charge in [0, 0.05) is 20.1 Å². The summed E-state index contributed by atoms with van der Waals surface area (Å²) >= 11 is 0. The van der Waals surface area contributed by atoms with Crippen molar-refractivity contribution < 1.29 is 8.42 Å². The fourth-order valence-electron chi connectivity index (χ4n) is 1.23. The van der Waals surface area contributed by atoms with Gasteiger partial charge in [-0.1, -0.05) is 0 Å². The fraction of sp³-hybridized carbons (Fsp3) is 0.667. The molecule has 1 rings (SSSR count). The van der Waals surface area contributed by atoms with Gasteiger partial charge in [-0.3, -0.25) is 5.10 Å². The maximum absolute atomic E-state index is 12.1. The maximum atomic E-state index is 12.1. The molecular weight excluding hydrogens is 228 g/mol. The minimum atomic E-state index is -3.41. The number of nitrogens with one attached hydrogen (secondary N) is 1. The molecule has 0 saturated carbocycles. The molecule has 0 fully saturated rings. The Bertz CT molecular complexity index is 438. The largest absolute Gasteiger partial charge is 0.308 e. The van der Waals surface area contributed by atoms with Crippen molar-refractivity contribution in [2.75, 3.05) is 34.2 Å². The van der Waals surface area contributed by atoms with Gasteiger partial charge < -0.3 is 4.90 Å². The Kier molecular flexibility index (Phi) is 4.06. The Morgan fingerprint density at radius 2 is 1.94 bits per heavy atom. The van der Waals surface area contributed by atoms with E-state index in [0.29, 0.717) is 18.8 Å². The van der Waals surface area contributed by atoms with Crippen LogP contribution in [0.5, 0.6) is 0 Å². The van der Waals surface area contributed by atoms with E-state index in [0.717, 1.165) is 0 Å². The van der Waals surface area contributed by atoms with E-state index in [9.17, 15) is 8.42 Å². The average Bonchev–Trinajstić information content (AvgIpc) is 2.61. The molecule has 0 aliphatic heterocycles. The van der Waals surface area contributed by atoms with Crippen molar-refractivity contribution in [3.05, 3.63) is 11.9 Å². The van der Waals surface area contributed by atoms with Crippen molar-refractivity contribution in [3.8, 4) is 0 Å². The minimum Gasteiger partial charge on any atom is -0.308 e. The maximum Gasteiger partial charge on any atom is 0.246 e. The lowest BCUT2D eigenvalue weighted by molar-refractivity contribution is 0.358. The van der Waals surface area contributed by atoms with Gasteiger partial charge in [-0.2, -0.15) is 9.40 Å². The van der Waals surface area contributed by atoms with Crippen LogP contribution < -0.4 is 0 Å². The average molecular weight is 246 g/mol. The summed E-state index contributed by atoms with van der Waals surface area (Å²) in [6.07, 6.45) is 1.34. The van der Waals surface area contributed by atoms with E-state index < -0.39 is 10.0 Å². The van der Waals surface area contributed by atoms with Gasteiger partial charge in [0.1, 0.15) is 4.90 Å². The van der Waals surface area contributed by atoms with Gasteiger partial charge >= 0.3 is 0 Å². The summed E-state index contributed by atoms with van der Waals surface area (Å²) in [4.78, 5) is 2.18. The summed E-state index contributed by atoms with van der Waals surface area (Å²) in [5, 5.41) is 6.35. The number of hydrogen-bond donors (Lipinski definition) is 1. The highest BCUT2D eigenvalue weighted by atomic mass is 32.2. The van der Waals surface area contributed by atoms with Crippen LogP contribution in [-0.2, 0) is 10.0 Å². The van der Waals surface area contributed by atoms with Crippen LogP contribution >= 0.6 is 0 Å². The lowest BCUT2D eigenvalue weighted by Gasteiger charge is -2.18. The van der Waals surface area contributed by atoms with Crippen LogP contribution in [0.2, 0.25) is 0 Å². The SMILES string of the molecule is Cc1[nH]ncc1S(=O)(=O)N(C)CCN(C)C. The van der Waals surface area contributed by atoms with E-state index in [-0.39, 0.29) is 4.90 Å². The summed E-state index contributed by atoms with van der Waals surface area (Å²) in [6.45, 7) is 2.84. The van der Waals surface area contributed by atoms with E-state index in [1.807, 2.05) is 19.0 Å². The molecule has 0 unspecified atom stereocenters. The molecule has 0 aromatic carbocycles. The Labute approximate surface area is 96.3 Å². The van der Waals surface area contributed by atoms with Crippen molar-refractivity contribution in [2.24, 2.45) is 0 Å². The Hall–Kier alpha value is -0.920. The Balaban J connectivity index is 2.83. The molecular formula is C9H18N4O2S. The van der Waals surface area contributed by atoms with Crippen LogP contribution in [0.4, 0.5) is 0 Å². The lowest BCUT2D eigenvalue weighted by Crippen LogP contribution is -2.33. The van der Waals surface area contributed by atoms with Gasteiger partial charge in [0.15, 0.2) is 0 Å². The van der Waals surface area contributed by atoms with Gasteiger partial charge in [0.25, 0.3) is 0 Å². The molecule has 0 radical (unpaired) electrons. The topological polar surface area (TPSA) is 69.3 Å². The highest BCUT2D eigenvalue weighted by Crippen LogP contribution is 2.15. The molecule has 1 aromatic heterocycles. The van der Waals surface area contributed by atoms with E-state index >= 15 is 0 Å². The first-order valence-electron chi connectivity index (χ1n) is 4.96. The lowest BCUT2D eigenvalue weighted by atomic mass is 10.5. The summed E-state index contributed by atoms with van der Waals surface area (Å²) in [5.74, 6) is 0. The second-order valence-electron chi connectivity index (χ2n) is 3.99. The van der Waals surface area contributed by atoms with Gasteiger partial charge in [-0.05, 0) is 21.0 Å². The fourth-order valence-corrected chi connectivity index (χ4v) is 2.50. The molecule has 0 atom stereocenters. The van der Waals surface area contributed by atoms with Gasteiger partial charge in [-0.15, -0.1) is 0 Å². The van der Waals surface area contributed by atoms with Crippen molar-refractivity contribution in [2.45, 2.75) is 11.8 Å². The van der Waals surface area contributed by atoms with Crippen LogP contribution in [0.15, 0.2) is 11.1 Å². The third-order valence-electron chi connectivity index (χ3n) is 2.33. The van der Waals surface area contributed by atoms with Crippen LogP contribution in [0.3, 0.4) is 0 Å². The standard InChI is InChI=1S/C9H18N4O2S/c1-8-9(7-10-11-8)16(14,15)13(4)6-5-12(2)3/h7H,5-6H2,1-4H3,(H,10,11). The van der Waals surface area contributed by atoms with E-state index in [1.54, 1.807) is 14.0 Å². The monoisotopic (exact) mass is 246 g/mol. The van der Waals surface area contributed by atoms with Gasteiger partial charge in [-0.25, -0.2) is 8.42 Å². The summed E-state index contributed by atoms with van der Waals surface area (Å²) in [6, 6.07) is 0. The molecule has 6 nitrogen and oxygen atoms in total. The number of sulfonamides is 1. The summed E-state index contributed by atoms with van der Waals surface area (Å²) < 4.78 is 25.5. The first-order chi connectivity index (χ1) is 7.35. The van der Waals surface area contributed by atoms with Crippen LogP contribution in [0.25, 0.3) is 0 Å². The van der Waals surface area contributed by atoms with Gasteiger partial charge in [0.05, 0.1) is 11.9 Å². The molecule has 1 N–H and O–H groups in total. The molecule has 0 saturated heterocycles. The minimum absolute atomic E-state index is 0.244. The molecule has 0 aliphatic carbocycles. The second kappa shape index (κ2) is 4.94. The Morgan fingerprint density at radius 1 is 1.31 bits per heavy atom. The highest BCUT2D eigenvalue weighted by molar-refractivity contribution is 7.89. The molecule has 1 aromatic rings. The van der Waals surface area contributed by atoms with Crippen LogP contribution in [0, 0.1) is 6.92 Å². The van der Waals surface area contributed by atoms with E-state index in [1.165, 1.54) is 10.5 Å². The predicted molar refractivity (Wildman–Crippen MR) is 61.7 cm³/mol. The first-order valence-corrected chi connectivity index (χ1v) is 6.40. The number of aromatic amines is 1. The number of aromatic nitrogens is 2. The third kappa shape index (κ3) is 2.81. The zero-order chi connectivity index (χ0) is 12.3. The number of hydrogen-bond acceptors (Lipinski definition) is 4. The molecule has 7 heteroatoms. The highest BCUT2D eigenvalue weighted by Gasteiger charge is 2.23. The molecule has 0 spiro atoms. The summed E-state index contributed by atoms with van der Waals surface area (Å²) in [5.41, 5.74) is 0.566. The molecule has 0 amide bonds. The number of likely N-dealkylation sites (N-methyl/N-ethyl adjacent to an activating group) is 2. The van der Waals surface area contributed by atoms with E-state index in [2.05, 4.69) is 10.2 Å². The second-order valence-corrected chi connectivity index (χ2v) is 6.00. The van der Waals surface area contributed by atoms with Crippen molar-refractivity contribution in [1.82, 2.24) is 19.4 Å². The number of rotatable bonds is 5. The van der Waals surface area contributed by atoms with Crippen molar-refractivity contribution >= 4 is 10.0 Å². The first kappa shape index (κ1) is 13.1. The third-order valence-corrected chi connectivity index (χ3v) is 4.30. The predicted octanol–water partition coefficient (Wildman–Crippen LogP) is -0.0998. The summed E-state index contributed by atoms with van der Waals surface area (Å²) in [7, 11) is 1.98. The van der Waals surface area contributed by atoms with Gasteiger partial charge in [0.2, 0.25) is 10.0 Å². The number of aryl methyl sites for hydroxylation is 1. The molecule has 0 aliphatic rings. The molecule has 0 bridgehead atoms. The number of nitrogens with zero attached hydrogens (tertiary/aromatic N) is 3. The smallest absolute Gasteiger partial charge is 0.246 e. The zero-order valence-electron chi connectivity index (χ0n) is 10.1. The molecule has 16 heavy (non-hydrogen) atoms. The number of H-pyrrole nitrogens is 1. The quantitative estimate of drug-likeness (QED) is 0.787. The van der Waals surface area contributed by atoms with Crippen molar-refractivity contribution in [3.63, 3.8) is 0 Å². The molecule has 1 heterocycles.